The van der Waals surface area contributed by atoms with Crippen LogP contribution in [0.4, 0.5) is 0 Å². The summed E-state index contributed by atoms with van der Waals surface area (Å²) < 4.78 is 17.2. The zero-order valence-electron chi connectivity index (χ0n) is 36.6. The molecule has 0 aromatic carbocycles. The number of hydrogen-bond donors (Lipinski definition) is 1. The molecule has 0 radical (unpaired) electrons. The van der Waals surface area contributed by atoms with Gasteiger partial charge < -0.3 is 23.8 Å². The molecule has 8 heteroatoms. The zero-order chi connectivity index (χ0) is 40.7. The van der Waals surface area contributed by atoms with Crippen LogP contribution < -0.4 is 0 Å². The largest absolute Gasteiger partial charge is 0.477 e. The first kappa shape index (κ1) is 52.8. The summed E-state index contributed by atoms with van der Waals surface area (Å²) in [4.78, 5) is 36.9. The fourth-order valence-electron chi connectivity index (χ4n) is 6.77. The number of allylic oxidation sites excluding steroid dienone is 4. The summed E-state index contributed by atoms with van der Waals surface area (Å²) in [5.74, 6) is -1.47. The highest BCUT2D eigenvalue weighted by molar-refractivity contribution is 5.72. The first-order chi connectivity index (χ1) is 26.6. The molecule has 0 saturated heterocycles. The van der Waals surface area contributed by atoms with Crippen molar-refractivity contribution in [3.05, 3.63) is 24.3 Å². The van der Waals surface area contributed by atoms with Crippen LogP contribution in [0.25, 0.3) is 0 Å². The quantitative estimate of drug-likeness (QED) is 0.0285. The number of nitrogens with zero attached hydrogens (tertiary/aromatic N) is 1. The van der Waals surface area contributed by atoms with Gasteiger partial charge in [0.1, 0.15) is 6.61 Å². The second kappa shape index (κ2) is 38.7. The fraction of sp³-hybridized carbons (Fsp3) is 0.851. The molecule has 0 saturated carbocycles. The smallest absolute Gasteiger partial charge is 0.362 e. The molecule has 0 bridgehead atoms. The normalized spacial score (nSPS) is 13.1. The third kappa shape index (κ3) is 37.2. The van der Waals surface area contributed by atoms with Crippen molar-refractivity contribution in [3.8, 4) is 0 Å². The molecule has 0 aromatic rings. The summed E-state index contributed by atoms with van der Waals surface area (Å²) in [6.45, 7) is 4.72. The van der Waals surface area contributed by atoms with E-state index >= 15 is 0 Å². The lowest BCUT2D eigenvalue weighted by atomic mass is 10.1. The lowest BCUT2D eigenvalue weighted by Crippen LogP contribution is -2.50. The maximum atomic E-state index is 12.6. The summed E-state index contributed by atoms with van der Waals surface area (Å²) in [6, 6.07) is -0.612. The Bertz CT molecular complexity index is 957. The number of carbonyl (C=O) groups excluding carboxylic acids is 2. The van der Waals surface area contributed by atoms with E-state index in [0.717, 1.165) is 51.4 Å². The molecule has 55 heavy (non-hydrogen) atoms. The molecule has 0 aliphatic carbocycles. The molecule has 8 nitrogen and oxygen atoms in total. The number of ether oxygens (including phenoxy) is 3. The molecule has 0 aliphatic heterocycles. The molecule has 0 rings (SSSR count). The SMILES string of the molecule is CCCCCCCCCC/C=C/C/C=C/CCCCCCCCCC(=O)OCC(COCCC(C(=O)O)[N+](C)(C)C)OC(=O)CCCCCCCCCCC. The van der Waals surface area contributed by atoms with E-state index in [4.69, 9.17) is 14.2 Å². The van der Waals surface area contributed by atoms with Crippen LogP contribution in [-0.2, 0) is 28.6 Å². The molecular formula is C47H88NO7+. The van der Waals surface area contributed by atoms with Crippen LogP contribution in [-0.4, -0.2) is 80.6 Å². The van der Waals surface area contributed by atoms with E-state index in [-0.39, 0.29) is 36.2 Å². The van der Waals surface area contributed by atoms with E-state index in [2.05, 4.69) is 38.2 Å². The van der Waals surface area contributed by atoms with Crippen molar-refractivity contribution < 1.29 is 38.2 Å². The fourth-order valence-corrected chi connectivity index (χ4v) is 6.77. The van der Waals surface area contributed by atoms with Crippen molar-refractivity contribution in [1.82, 2.24) is 0 Å². The van der Waals surface area contributed by atoms with E-state index in [1.165, 1.54) is 122 Å². The van der Waals surface area contributed by atoms with Crippen LogP contribution >= 0.6 is 0 Å². The molecule has 1 N–H and O–H groups in total. The highest BCUT2D eigenvalue weighted by Crippen LogP contribution is 2.14. The average molecular weight is 779 g/mol. The number of rotatable bonds is 41. The molecule has 0 heterocycles. The zero-order valence-corrected chi connectivity index (χ0v) is 36.6. The Balaban J connectivity index is 4.19. The molecule has 2 unspecified atom stereocenters. The number of likely N-dealkylation sites (N-methyl/N-ethyl adjacent to an activating group) is 1. The Morgan fingerprint density at radius 2 is 0.964 bits per heavy atom. The van der Waals surface area contributed by atoms with Gasteiger partial charge in [-0.2, -0.15) is 0 Å². The molecule has 0 spiro atoms. The third-order valence-electron chi connectivity index (χ3n) is 10.4. The van der Waals surface area contributed by atoms with Gasteiger partial charge in [-0.1, -0.05) is 167 Å². The maximum Gasteiger partial charge on any atom is 0.362 e. The van der Waals surface area contributed by atoms with E-state index in [9.17, 15) is 19.5 Å². The van der Waals surface area contributed by atoms with Gasteiger partial charge in [0.2, 0.25) is 0 Å². The molecule has 0 aromatic heterocycles. The van der Waals surface area contributed by atoms with Gasteiger partial charge in [0.15, 0.2) is 12.1 Å². The summed E-state index contributed by atoms with van der Waals surface area (Å²) in [5.41, 5.74) is 0. The highest BCUT2D eigenvalue weighted by Gasteiger charge is 2.31. The van der Waals surface area contributed by atoms with Crippen molar-refractivity contribution in [2.24, 2.45) is 0 Å². The topological polar surface area (TPSA) is 99.1 Å². The van der Waals surface area contributed by atoms with Crippen molar-refractivity contribution in [2.45, 2.75) is 219 Å². The van der Waals surface area contributed by atoms with Crippen LogP contribution in [0.2, 0.25) is 0 Å². The van der Waals surface area contributed by atoms with E-state index in [1.807, 2.05) is 21.1 Å². The minimum absolute atomic E-state index is 0.0515. The predicted octanol–water partition coefficient (Wildman–Crippen LogP) is 12.5. The monoisotopic (exact) mass is 779 g/mol. The summed E-state index contributed by atoms with van der Waals surface area (Å²) in [5, 5.41) is 9.60. The average Bonchev–Trinajstić information content (AvgIpc) is 3.14. The summed E-state index contributed by atoms with van der Waals surface area (Å²) >= 11 is 0. The van der Waals surface area contributed by atoms with E-state index in [0.29, 0.717) is 19.3 Å². The first-order valence-corrected chi connectivity index (χ1v) is 22.9. The van der Waals surface area contributed by atoms with Gasteiger partial charge in [-0.05, 0) is 44.9 Å². The molecule has 322 valence electrons. The lowest BCUT2D eigenvalue weighted by molar-refractivity contribution is -0.887. The number of carboxylic acid groups (broad SMARTS) is 1. The Labute approximate surface area is 339 Å². The lowest BCUT2D eigenvalue weighted by Gasteiger charge is -2.31. The highest BCUT2D eigenvalue weighted by atomic mass is 16.6. The standard InChI is InChI=1S/C47H87NO7/c1-6-8-10-12-14-16-17-18-19-20-21-22-23-24-25-26-27-28-30-31-33-35-37-45(49)54-42-43(41-53-40-39-44(47(51)52)48(3,4)5)55-46(50)38-36-34-32-29-15-13-11-9-7-2/h20-21,23-24,43-44H,6-19,22,25-42H2,1-5H3/p+1/b21-20+,24-23+. The summed E-state index contributed by atoms with van der Waals surface area (Å²) in [7, 11) is 5.52. The second-order valence-electron chi connectivity index (χ2n) is 16.7. The second-order valence-corrected chi connectivity index (χ2v) is 16.7. The van der Waals surface area contributed by atoms with Gasteiger partial charge in [-0.3, -0.25) is 9.59 Å². The molecule has 0 amide bonds. The van der Waals surface area contributed by atoms with Crippen LogP contribution in [0.15, 0.2) is 24.3 Å². The Morgan fingerprint density at radius 1 is 0.545 bits per heavy atom. The van der Waals surface area contributed by atoms with Crippen LogP contribution in [0.5, 0.6) is 0 Å². The van der Waals surface area contributed by atoms with E-state index in [1.54, 1.807) is 0 Å². The number of unbranched alkanes of at least 4 members (excludes halogenated alkanes) is 23. The number of aliphatic carboxylic acids is 1. The van der Waals surface area contributed by atoms with Crippen molar-refractivity contribution >= 4 is 17.9 Å². The Morgan fingerprint density at radius 3 is 1.40 bits per heavy atom. The van der Waals surface area contributed by atoms with Gasteiger partial charge in [0, 0.05) is 19.3 Å². The first-order valence-electron chi connectivity index (χ1n) is 22.9. The Hall–Kier alpha value is -2.19. The molecule has 0 aliphatic rings. The number of esters is 2. The molecule has 0 fully saturated rings. The molecule has 2 atom stereocenters. The van der Waals surface area contributed by atoms with Crippen LogP contribution in [0.1, 0.15) is 206 Å². The minimum atomic E-state index is -0.875. The maximum absolute atomic E-state index is 12.6. The number of hydrogen-bond acceptors (Lipinski definition) is 6. The predicted molar refractivity (Wildman–Crippen MR) is 229 cm³/mol. The van der Waals surface area contributed by atoms with Gasteiger partial charge in [-0.15, -0.1) is 0 Å². The number of quaternary nitrogens is 1. The Kier molecular flexibility index (Phi) is 37.1. The van der Waals surface area contributed by atoms with Gasteiger partial charge in [-0.25, -0.2) is 4.79 Å². The third-order valence-corrected chi connectivity index (χ3v) is 10.4. The van der Waals surface area contributed by atoms with Crippen molar-refractivity contribution in [1.29, 1.82) is 0 Å². The van der Waals surface area contributed by atoms with Crippen LogP contribution in [0, 0.1) is 0 Å². The molecular weight excluding hydrogens is 691 g/mol. The van der Waals surface area contributed by atoms with Gasteiger partial charge in [0.05, 0.1) is 34.4 Å². The summed E-state index contributed by atoms with van der Waals surface area (Å²) in [6.07, 6.45) is 42.3. The van der Waals surface area contributed by atoms with Crippen molar-refractivity contribution in [2.75, 3.05) is 41.0 Å². The number of carbonyl (C=O) groups is 3. The van der Waals surface area contributed by atoms with Crippen molar-refractivity contribution in [3.63, 3.8) is 0 Å². The number of carboxylic acids is 1. The van der Waals surface area contributed by atoms with E-state index < -0.39 is 18.1 Å². The van der Waals surface area contributed by atoms with Gasteiger partial charge >= 0.3 is 17.9 Å². The van der Waals surface area contributed by atoms with Gasteiger partial charge in [0.25, 0.3) is 0 Å². The van der Waals surface area contributed by atoms with Crippen LogP contribution in [0.3, 0.4) is 0 Å². The minimum Gasteiger partial charge on any atom is -0.477 e.